The van der Waals surface area contributed by atoms with Crippen LogP contribution in [0, 0.1) is 6.92 Å². The maximum Gasteiger partial charge on any atom is 0.416 e. The van der Waals surface area contributed by atoms with Gasteiger partial charge in [0.2, 0.25) is 10.0 Å². The number of morpholine rings is 1. The highest BCUT2D eigenvalue weighted by molar-refractivity contribution is 7.89. The highest BCUT2D eigenvalue weighted by Gasteiger charge is 2.31. The average Bonchev–Trinajstić information content (AvgIpc) is 2.93. The van der Waals surface area contributed by atoms with E-state index in [1.54, 1.807) is 19.1 Å². The number of sulfonamides is 1. The zero-order valence-electron chi connectivity index (χ0n) is 21.3. The van der Waals surface area contributed by atoms with Gasteiger partial charge in [0.25, 0.3) is 5.91 Å². The number of nitrogens with zero attached hydrogens (tertiary/aromatic N) is 1. The normalized spacial score (nSPS) is 14.4. The summed E-state index contributed by atoms with van der Waals surface area (Å²) >= 11 is 0. The summed E-state index contributed by atoms with van der Waals surface area (Å²) in [5.41, 5.74) is 0.137. The highest BCUT2D eigenvalue weighted by atomic mass is 32.2. The molecule has 1 fully saturated rings. The van der Waals surface area contributed by atoms with Gasteiger partial charge in [-0.2, -0.15) is 17.5 Å². The Hall–Kier alpha value is -3.94. The van der Waals surface area contributed by atoms with E-state index in [0.29, 0.717) is 18.8 Å². The van der Waals surface area contributed by atoms with Gasteiger partial charge in [-0.25, -0.2) is 13.2 Å². The summed E-state index contributed by atoms with van der Waals surface area (Å²) in [6.45, 7) is 1.98. The lowest BCUT2D eigenvalue weighted by Gasteiger charge is -2.26. The molecule has 0 atom stereocenters. The lowest BCUT2D eigenvalue weighted by atomic mass is 10.1. The maximum atomic E-state index is 13.1. The highest BCUT2D eigenvalue weighted by Crippen LogP contribution is 2.32. The molecule has 0 spiro atoms. The Morgan fingerprint density at radius 3 is 2.42 bits per heavy atom. The van der Waals surface area contributed by atoms with E-state index >= 15 is 0 Å². The molecule has 0 saturated carbocycles. The van der Waals surface area contributed by atoms with Crippen LogP contribution in [0.25, 0.3) is 0 Å². The van der Waals surface area contributed by atoms with E-state index in [-0.39, 0.29) is 40.6 Å². The summed E-state index contributed by atoms with van der Waals surface area (Å²) in [6, 6.07) is 14.9. The van der Waals surface area contributed by atoms with E-state index < -0.39 is 40.2 Å². The number of amides is 1. The third kappa shape index (κ3) is 6.97. The smallest absolute Gasteiger partial charge is 0.416 e. The van der Waals surface area contributed by atoms with Gasteiger partial charge in [0, 0.05) is 24.5 Å². The molecule has 0 radical (unpaired) electrons. The molecule has 4 rings (SSSR count). The van der Waals surface area contributed by atoms with Crippen molar-refractivity contribution in [2.24, 2.45) is 0 Å². The Morgan fingerprint density at radius 2 is 1.70 bits per heavy atom. The van der Waals surface area contributed by atoms with E-state index in [4.69, 9.17) is 9.47 Å². The van der Waals surface area contributed by atoms with E-state index in [2.05, 4.69) is 10.6 Å². The van der Waals surface area contributed by atoms with E-state index in [0.717, 1.165) is 12.1 Å². The monoisotopic (exact) mass is 577 g/mol. The van der Waals surface area contributed by atoms with Crippen molar-refractivity contribution in [3.8, 4) is 0 Å². The van der Waals surface area contributed by atoms with Crippen LogP contribution < -0.4 is 10.6 Å². The number of nitrogens with one attached hydrogen (secondary N) is 2. The van der Waals surface area contributed by atoms with Crippen LogP contribution in [0.5, 0.6) is 0 Å². The largest absolute Gasteiger partial charge is 0.452 e. The molecule has 212 valence electrons. The average molecular weight is 578 g/mol. The number of hydrogen-bond acceptors (Lipinski definition) is 7. The molecule has 1 amide bonds. The second kappa shape index (κ2) is 12.1. The van der Waals surface area contributed by atoms with Crippen LogP contribution in [0.2, 0.25) is 0 Å². The zero-order chi connectivity index (χ0) is 28.9. The molecule has 2 N–H and O–H groups in total. The number of anilines is 3. The minimum absolute atomic E-state index is 0.00179. The van der Waals surface area contributed by atoms with Crippen LogP contribution in [0.15, 0.2) is 71.6 Å². The molecule has 1 aliphatic rings. The molecule has 40 heavy (non-hydrogen) atoms. The first-order valence-corrected chi connectivity index (χ1v) is 13.6. The van der Waals surface area contributed by atoms with Gasteiger partial charge in [0.1, 0.15) is 0 Å². The number of carbonyl (C=O) groups excluding carboxylic acids is 2. The summed E-state index contributed by atoms with van der Waals surface area (Å²) in [6.07, 6.45) is -4.53. The summed E-state index contributed by atoms with van der Waals surface area (Å²) < 4.78 is 77.0. The number of rotatable bonds is 8. The summed E-state index contributed by atoms with van der Waals surface area (Å²) in [7, 11) is -3.81. The lowest BCUT2D eigenvalue weighted by Crippen LogP contribution is -2.40. The van der Waals surface area contributed by atoms with Gasteiger partial charge in [-0.05, 0) is 55.0 Å². The Balaban J connectivity index is 1.41. The third-order valence-corrected chi connectivity index (χ3v) is 8.05. The standard InChI is InChI=1S/C27H26F3N3O6S/c1-18-9-10-21(16-24(18)40(36,37)33-11-13-38-14-12-33)32-25(34)17-39-26(35)22-7-2-3-8-23(22)31-20-6-4-5-19(15-20)27(28,29)30/h2-10,15-16,31H,11-14,17H2,1H3,(H,32,34). The van der Waals surface area contributed by atoms with Gasteiger partial charge in [-0.1, -0.05) is 24.3 Å². The van der Waals surface area contributed by atoms with Crippen molar-refractivity contribution in [3.63, 3.8) is 0 Å². The quantitative estimate of drug-likeness (QED) is 0.377. The number of hydrogen-bond donors (Lipinski definition) is 2. The van der Waals surface area contributed by atoms with Crippen LogP contribution in [0.3, 0.4) is 0 Å². The van der Waals surface area contributed by atoms with Crippen LogP contribution in [-0.4, -0.2) is 57.5 Å². The molecule has 0 aromatic heterocycles. The minimum atomic E-state index is -4.53. The number of alkyl halides is 3. The predicted molar refractivity (Wildman–Crippen MR) is 141 cm³/mol. The van der Waals surface area contributed by atoms with Gasteiger partial charge in [-0.15, -0.1) is 0 Å². The Bertz CT molecular complexity index is 1510. The van der Waals surface area contributed by atoms with E-state index in [9.17, 15) is 31.2 Å². The van der Waals surface area contributed by atoms with Crippen molar-refractivity contribution in [3.05, 3.63) is 83.4 Å². The SMILES string of the molecule is Cc1ccc(NC(=O)COC(=O)c2ccccc2Nc2cccc(C(F)(F)F)c2)cc1S(=O)(=O)N1CCOCC1. The Kier molecular flexibility index (Phi) is 8.76. The first-order chi connectivity index (χ1) is 18.9. The Labute approximate surface area is 228 Å². The minimum Gasteiger partial charge on any atom is -0.452 e. The van der Waals surface area contributed by atoms with Crippen molar-refractivity contribution < 1.29 is 40.7 Å². The van der Waals surface area contributed by atoms with Crippen molar-refractivity contribution in [2.75, 3.05) is 43.5 Å². The van der Waals surface area contributed by atoms with Crippen LogP contribution in [-0.2, 0) is 30.5 Å². The number of aryl methyl sites for hydroxylation is 1. The first-order valence-electron chi connectivity index (χ1n) is 12.1. The zero-order valence-corrected chi connectivity index (χ0v) is 22.1. The second-order valence-corrected chi connectivity index (χ2v) is 10.8. The van der Waals surface area contributed by atoms with Crippen molar-refractivity contribution in [1.29, 1.82) is 0 Å². The molecule has 3 aromatic carbocycles. The van der Waals surface area contributed by atoms with Crippen molar-refractivity contribution >= 4 is 39.0 Å². The van der Waals surface area contributed by atoms with Crippen molar-refractivity contribution in [1.82, 2.24) is 4.31 Å². The van der Waals surface area contributed by atoms with Crippen LogP contribution >= 0.6 is 0 Å². The number of carbonyl (C=O) groups is 2. The molecule has 1 aliphatic heterocycles. The van der Waals surface area contributed by atoms with E-state index in [1.807, 2.05) is 0 Å². The summed E-state index contributed by atoms with van der Waals surface area (Å²) in [5, 5.41) is 5.30. The number of benzene rings is 3. The topological polar surface area (TPSA) is 114 Å². The number of ether oxygens (including phenoxy) is 2. The Morgan fingerprint density at radius 1 is 0.975 bits per heavy atom. The van der Waals surface area contributed by atoms with E-state index in [1.165, 1.54) is 46.8 Å². The molecular weight excluding hydrogens is 551 g/mol. The predicted octanol–water partition coefficient (Wildman–Crippen LogP) is 4.57. The van der Waals surface area contributed by atoms with Crippen molar-refractivity contribution in [2.45, 2.75) is 18.0 Å². The summed E-state index contributed by atoms with van der Waals surface area (Å²) in [5.74, 6) is -1.60. The van der Waals surface area contributed by atoms with Gasteiger partial charge in [-0.3, -0.25) is 4.79 Å². The van der Waals surface area contributed by atoms with Gasteiger partial charge in [0.15, 0.2) is 6.61 Å². The molecular formula is C27H26F3N3O6S. The third-order valence-electron chi connectivity index (χ3n) is 6.01. The molecule has 3 aromatic rings. The van der Waals surface area contributed by atoms with Crippen LogP contribution in [0.4, 0.5) is 30.2 Å². The lowest BCUT2D eigenvalue weighted by molar-refractivity contribution is -0.137. The molecule has 9 nitrogen and oxygen atoms in total. The molecule has 0 aliphatic carbocycles. The summed E-state index contributed by atoms with van der Waals surface area (Å²) in [4.78, 5) is 25.3. The maximum absolute atomic E-state index is 13.1. The fourth-order valence-corrected chi connectivity index (χ4v) is 5.65. The molecule has 13 heteroatoms. The molecule has 0 unspecified atom stereocenters. The fraction of sp³-hybridized carbons (Fsp3) is 0.259. The van der Waals surface area contributed by atoms with Gasteiger partial charge >= 0.3 is 12.1 Å². The fourth-order valence-electron chi connectivity index (χ4n) is 3.99. The molecule has 1 saturated heterocycles. The molecule has 1 heterocycles. The van der Waals surface area contributed by atoms with Crippen LogP contribution in [0.1, 0.15) is 21.5 Å². The second-order valence-electron chi connectivity index (χ2n) is 8.87. The number of esters is 1. The number of halogens is 3. The first kappa shape index (κ1) is 29.1. The van der Waals surface area contributed by atoms with Gasteiger partial charge < -0.3 is 20.1 Å². The van der Waals surface area contributed by atoms with Gasteiger partial charge in [0.05, 0.1) is 34.9 Å². The number of para-hydroxylation sites is 1. The molecule has 0 bridgehead atoms.